The normalized spacial score (nSPS) is 11.5. The van der Waals surface area contributed by atoms with Crippen LogP contribution in [0.3, 0.4) is 0 Å². The van der Waals surface area contributed by atoms with Crippen molar-refractivity contribution in [1.82, 2.24) is 0 Å². The van der Waals surface area contributed by atoms with E-state index >= 15 is 0 Å². The van der Waals surface area contributed by atoms with E-state index in [-0.39, 0.29) is 0 Å². The average Bonchev–Trinajstić information content (AvgIpc) is 2.31. The lowest BCUT2D eigenvalue weighted by Crippen LogP contribution is -1.79. The fourth-order valence-corrected chi connectivity index (χ4v) is 1.09. The van der Waals surface area contributed by atoms with E-state index in [1.54, 1.807) is 0 Å². The molecule has 0 heteroatoms. The second-order valence-electron chi connectivity index (χ2n) is 2.56. The fourth-order valence-electron chi connectivity index (χ4n) is 1.09. The van der Waals surface area contributed by atoms with Crippen molar-refractivity contribution in [1.29, 1.82) is 0 Å². The molecule has 0 heterocycles. The molecule has 0 rings (SSSR count). The van der Waals surface area contributed by atoms with Crippen molar-refractivity contribution in [3.05, 3.63) is 35.5 Å². The third-order valence-electron chi connectivity index (χ3n) is 1.67. The Bertz CT molecular complexity index is 180. The molecule has 0 fully saturated rings. The summed E-state index contributed by atoms with van der Waals surface area (Å²) in [5.41, 5.74) is 2.79. The van der Waals surface area contributed by atoms with E-state index in [4.69, 9.17) is 0 Å². The SMILES string of the molecule is CC.CC.C\C=C/C(C)=C(/C=C\C)CC. The van der Waals surface area contributed by atoms with Crippen LogP contribution in [0, 0.1) is 0 Å². The summed E-state index contributed by atoms with van der Waals surface area (Å²) in [5, 5.41) is 0. The Morgan fingerprint density at radius 1 is 0.867 bits per heavy atom. The van der Waals surface area contributed by atoms with Gasteiger partial charge < -0.3 is 0 Å². The standard InChI is InChI=1S/C11H18.2C2H6/c1-5-8-10(4)11(7-3)9-6-2;2*1-2/h5-6,8-9H,7H2,1-4H3;2*1-2H3/b8-5-,9-6-,11-10+;;. The van der Waals surface area contributed by atoms with Gasteiger partial charge in [0.1, 0.15) is 0 Å². The van der Waals surface area contributed by atoms with E-state index in [0.29, 0.717) is 0 Å². The van der Waals surface area contributed by atoms with Crippen molar-refractivity contribution in [3.8, 4) is 0 Å². The maximum Gasteiger partial charge on any atom is -0.0305 e. The zero-order chi connectivity index (χ0) is 12.7. The van der Waals surface area contributed by atoms with Crippen molar-refractivity contribution in [2.24, 2.45) is 0 Å². The first-order valence-corrected chi connectivity index (χ1v) is 6.21. The van der Waals surface area contributed by atoms with Gasteiger partial charge in [-0.05, 0) is 38.3 Å². The van der Waals surface area contributed by atoms with Gasteiger partial charge in [0.05, 0.1) is 0 Å². The third-order valence-corrected chi connectivity index (χ3v) is 1.67. The summed E-state index contributed by atoms with van der Waals surface area (Å²) in [6.45, 7) is 16.4. The Kier molecular flexibility index (Phi) is 24.9. The molecule has 0 aliphatic heterocycles. The van der Waals surface area contributed by atoms with Crippen molar-refractivity contribution in [2.45, 2.75) is 61.8 Å². The molecule has 15 heavy (non-hydrogen) atoms. The van der Waals surface area contributed by atoms with Crippen molar-refractivity contribution >= 4 is 0 Å². The van der Waals surface area contributed by atoms with Gasteiger partial charge in [0, 0.05) is 0 Å². The minimum atomic E-state index is 1.11. The molecule has 0 amide bonds. The summed E-state index contributed by atoms with van der Waals surface area (Å²) in [7, 11) is 0. The molecule has 90 valence electrons. The van der Waals surface area contributed by atoms with Crippen LogP contribution in [0.15, 0.2) is 35.5 Å². The molecular formula is C15H30. The van der Waals surface area contributed by atoms with E-state index in [2.05, 4.69) is 45.1 Å². The molecule has 0 unspecified atom stereocenters. The number of hydrogen-bond acceptors (Lipinski definition) is 0. The Hall–Kier alpha value is -0.780. The van der Waals surface area contributed by atoms with E-state index < -0.39 is 0 Å². The average molecular weight is 210 g/mol. The predicted molar refractivity (Wildman–Crippen MR) is 75.3 cm³/mol. The van der Waals surface area contributed by atoms with Gasteiger partial charge in [-0.3, -0.25) is 0 Å². The van der Waals surface area contributed by atoms with Gasteiger partial charge in [-0.25, -0.2) is 0 Å². The zero-order valence-corrected chi connectivity index (χ0v) is 12.0. The topological polar surface area (TPSA) is 0 Å². The van der Waals surface area contributed by atoms with Crippen LogP contribution in [-0.4, -0.2) is 0 Å². The van der Waals surface area contributed by atoms with Gasteiger partial charge in [-0.2, -0.15) is 0 Å². The van der Waals surface area contributed by atoms with E-state index in [9.17, 15) is 0 Å². The minimum Gasteiger partial charge on any atom is -0.0874 e. The maximum atomic E-state index is 2.18. The van der Waals surface area contributed by atoms with Crippen LogP contribution >= 0.6 is 0 Å². The monoisotopic (exact) mass is 210 g/mol. The highest BCUT2D eigenvalue weighted by molar-refractivity contribution is 5.30. The van der Waals surface area contributed by atoms with E-state index in [0.717, 1.165) is 6.42 Å². The van der Waals surface area contributed by atoms with Crippen molar-refractivity contribution in [2.75, 3.05) is 0 Å². The van der Waals surface area contributed by atoms with Gasteiger partial charge in [0.15, 0.2) is 0 Å². The molecule has 0 radical (unpaired) electrons. The summed E-state index contributed by atoms with van der Waals surface area (Å²) in [6.07, 6.45) is 9.61. The second kappa shape index (κ2) is 18.9. The molecule has 0 saturated heterocycles. The first kappa shape index (κ1) is 19.7. The van der Waals surface area contributed by atoms with Gasteiger partial charge >= 0.3 is 0 Å². The minimum absolute atomic E-state index is 1.11. The van der Waals surface area contributed by atoms with Crippen LogP contribution < -0.4 is 0 Å². The molecule has 0 aromatic rings. The van der Waals surface area contributed by atoms with E-state index in [1.807, 2.05) is 34.6 Å². The highest BCUT2D eigenvalue weighted by atomic mass is 14.0. The summed E-state index contributed by atoms with van der Waals surface area (Å²) in [6, 6.07) is 0. The molecule has 0 nitrogen and oxygen atoms in total. The lowest BCUT2D eigenvalue weighted by Gasteiger charge is -1.99. The predicted octanol–water partition coefficient (Wildman–Crippen LogP) is 5.92. The molecule has 0 bridgehead atoms. The van der Waals surface area contributed by atoms with Gasteiger partial charge in [0.2, 0.25) is 0 Å². The lowest BCUT2D eigenvalue weighted by atomic mass is 10.1. The maximum absolute atomic E-state index is 2.18. The smallest absolute Gasteiger partial charge is 0.0305 e. The highest BCUT2D eigenvalue weighted by Crippen LogP contribution is 2.10. The quantitative estimate of drug-likeness (QED) is 0.507. The molecule has 0 aliphatic rings. The van der Waals surface area contributed by atoms with Crippen molar-refractivity contribution < 1.29 is 0 Å². The van der Waals surface area contributed by atoms with Crippen LogP contribution in [-0.2, 0) is 0 Å². The lowest BCUT2D eigenvalue weighted by molar-refractivity contribution is 1.12. The summed E-state index contributed by atoms with van der Waals surface area (Å²) in [5.74, 6) is 0. The molecular weight excluding hydrogens is 180 g/mol. The Balaban J connectivity index is -0.000000318. The first-order chi connectivity index (χ1) is 7.26. The second-order valence-corrected chi connectivity index (χ2v) is 2.56. The van der Waals surface area contributed by atoms with Gasteiger partial charge in [-0.1, -0.05) is 58.9 Å². The zero-order valence-electron chi connectivity index (χ0n) is 12.0. The number of allylic oxidation sites excluding steroid dienone is 6. The molecule has 0 saturated carbocycles. The van der Waals surface area contributed by atoms with Crippen LogP contribution in [0.25, 0.3) is 0 Å². The Labute approximate surface area is 97.8 Å². The highest BCUT2D eigenvalue weighted by Gasteiger charge is 1.90. The van der Waals surface area contributed by atoms with E-state index in [1.165, 1.54) is 11.1 Å². The molecule has 0 spiro atoms. The number of rotatable bonds is 3. The van der Waals surface area contributed by atoms with Gasteiger partial charge in [0.25, 0.3) is 0 Å². The summed E-state index contributed by atoms with van der Waals surface area (Å²) < 4.78 is 0. The van der Waals surface area contributed by atoms with Crippen LogP contribution in [0.4, 0.5) is 0 Å². The molecule has 0 aliphatic carbocycles. The van der Waals surface area contributed by atoms with Crippen LogP contribution in [0.1, 0.15) is 61.8 Å². The van der Waals surface area contributed by atoms with Gasteiger partial charge in [-0.15, -0.1) is 0 Å². The molecule has 0 aromatic carbocycles. The Morgan fingerprint density at radius 2 is 1.27 bits per heavy atom. The molecule has 0 aromatic heterocycles. The van der Waals surface area contributed by atoms with Crippen LogP contribution in [0.2, 0.25) is 0 Å². The fraction of sp³-hybridized carbons (Fsp3) is 0.600. The molecule has 0 atom stereocenters. The first-order valence-electron chi connectivity index (χ1n) is 6.21. The Morgan fingerprint density at radius 3 is 1.53 bits per heavy atom. The summed E-state index contributed by atoms with van der Waals surface area (Å²) in [4.78, 5) is 0. The van der Waals surface area contributed by atoms with Crippen LogP contribution in [0.5, 0.6) is 0 Å². The largest absolute Gasteiger partial charge is 0.0874 e. The number of hydrogen-bond donors (Lipinski definition) is 0. The third kappa shape index (κ3) is 13.2. The van der Waals surface area contributed by atoms with Crippen molar-refractivity contribution in [3.63, 3.8) is 0 Å². The summed E-state index contributed by atoms with van der Waals surface area (Å²) >= 11 is 0. The molecule has 0 N–H and O–H groups in total.